The summed E-state index contributed by atoms with van der Waals surface area (Å²) in [6, 6.07) is 15.4. The van der Waals surface area contributed by atoms with E-state index in [4.69, 9.17) is 19.7 Å². The van der Waals surface area contributed by atoms with Crippen LogP contribution in [0.15, 0.2) is 42.5 Å². The van der Waals surface area contributed by atoms with Gasteiger partial charge in [0.2, 0.25) is 11.3 Å². The first kappa shape index (κ1) is 28.3. The predicted molar refractivity (Wildman–Crippen MR) is 172 cm³/mol. The van der Waals surface area contributed by atoms with Crippen molar-refractivity contribution >= 4 is 21.7 Å². The fourth-order valence-electron chi connectivity index (χ4n) is 6.13. The normalized spacial score (nSPS) is 13.1. The van der Waals surface area contributed by atoms with E-state index in [1.54, 1.807) is 0 Å². The molecule has 0 bridgehead atoms. The van der Waals surface area contributed by atoms with Crippen molar-refractivity contribution in [2.75, 3.05) is 0 Å². The highest BCUT2D eigenvalue weighted by Gasteiger charge is 2.37. The molecule has 0 atom stereocenters. The second-order valence-corrected chi connectivity index (χ2v) is 14.5. The van der Waals surface area contributed by atoms with Gasteiger partial charge in [-0.2, -0.15) is 4.57 Å². The van der Waals surface area contributed by atoms with Crippen LogP contribution in [0.4, 0.5) is 0 Å². The minimum absolute atomic E-state index is 0.245. The maximum absolute atomic E-state index is 7.07. The monoisotopic (exact) mass is 559 g/mol. The first-order valence-electron chi connectivity index (χ1n) is 15.1. The van der Waals surface area contributed by atoms with E-state index in [-0.39, 0.29) is 10.8 Å². The van der Waals surface area contributed by atoms with Crippen molar-refractivity contribution in [1.29, 1.82) is 0 Å². The summed E-state index contributed by atoms with van der Waals surface area (Å²) in [7, 11) is 2.15. The average Bonchev–Trinajstić information content (AvgIpc) is 2.89. The van der Waals surface area contributed by atoms with Gasteiger partial charge in [-0.05, 0) is 60.4 Å². The largest absolute Gasteiger partial charge is 0.449 e. The van der Waals surface area contributed by atoms with Crippen LogP contribution in [-0.4, -0.2) is 15.0 Å². The van der Waals surface area contributed by atoms with Crippen molar-refractivity contribution in [1.82, 2.24) is 15.0 Å². The van der Waals surface area contributed by atoms with E-state index < -0.39 is 0 Å². The number of fused-ring (bicyclic) bond motifs is 3. The first-order valence-corrected chi connectivity index (χ1v) is 15.1. The van der Waals surface area contributed by atoms with Gasteiger partial charge >= 0.3 is 0 Å². The van der Waals surface area contributed by atoms with Gasteiger partial charge in [0.15, 0.2) is 5.82 Å². The maximum atomic E-state index is 7.07. The molecule has 0 saturated carbocycles. The van der Waals surface area contributed by atoms with Crippen molar-refractivity contribution in [3.05, 3.63) is 70.8 Å². The molecular weight excluding hydrogens is 516 g/mol. The summed E-state index contributed by atoms with van der Waals surface area (Å²) in [6.07, 6.45) is 0.997. The number of hydrogen-bond donors (Lipinski definition) is 0. The molecule has 0 N–H and O–H groups in total. The number of hydrogen-bond acceptors (Lipinski definition) is 4. The van der Waals surface area contributed by atoms with Crippen LogP contribution >= 0.6 is 0 Å². The lowest BCUT2D eigenvalue weighted by Gasteiger charge is -2.26. The number of aryl methyl sites for hydroxylation is 2. The van der Waals surface area contributed by atoms with Crippen LogP contribution in [0, 0.1) is 19.8 Å². The Balaban J connectivity index is 1.79. The number of nitrogens with zero attached hydrogens (tertiary/aromatic N) is 4. The van der Waals surface area contributed by atoms with E-state index >= 15 is 0 Å². The Bertz CT molecular complexity index is 1870. The Morgan fingerprint density at radius 3 is 2.10 bits per heavy atom. The zero-order valence-electron chi connectivity index (χ0n) is 27.0. The molecule has 1 aliphatic rings. The summed E-state index contributed by atoms with van der Waals surface area (Å²) in [6.45, 7) is 21.9. The number of para-hydroxylation sites is 1. The molecule has 42 heavy (non-hydrogen) atoms. The lowest BCUT2D eigenvalue weighted by Crippen LogP contribution is -2.34. The quantitative estimate of drug-likeness (QED) is 0.203. The maximum Gasteiger partial charge on any atom is 0.257 e. The molecule has 5 aromatic rings. The molecule has 0 fully saturated rings. The Kier molecular flexibility index (Phi) is 6.45. The van der Waals surface area contributed by atoms with Gasteiger partial charge in [-0.25, -0.2) is 15.0 Å². The van der Waals surface area contributed by atoms with Gasteiger partial charge in [0.1, 0.15) is 24.4 Å². The van der Waals surface area contributed by atoms with E-state index in [9.17, 15) is 0 Å². The summed E-state index contributed by atoms with van der Waals surface area (Å²) in [4.78, 5) is 15.3. The Morgan fingerprint density at radius 1 is 0.833 bits per heavy atom. The minimum atomic E-state index is -0.245. The number of ether oxygens (including phenoxy) is 1. The molecule has 216 valence electrons. The van der Waals surface area contributed by atoms with Crippen LogP contribution in [-0.2, 0) is 24.3 Å². The lowest BCUT2D eigenvalue weighted by atomic mass is 9.87. The van der Waals surface area contributed by atoms with Gasteiger partial charge in [-0.3, -0.25) is 0 Å². The molecule has 5 heteroatoms. The van der Waals surface area contributed by atoms with Crippen molar-refractivity contribution in [2.24, 2.45) is 13.0 Å². The summed E-state index contributed by atoms with van der Waals surface area (Å²) in [5.74, 6) is 4.50. The molecule has 0 amide bonds. The number of benzene rings is 3. The molecule has 0 spiro atoms. The highest BCUT2D eigenvalue weighted by molar-refractivity contribution is 6.08. The third kappa shape index (κ3) is 4.54. The highest BCUT2D eigenvalue weighted by Crippen LogP contribution is 2.52. The van der Waals surface area contributed by atoms with Crippen molar-refractivity contribution in [3.8, 4) is 34.1 Å². The standard InChI is InChI=1S/C37H43N4O/c1-20(2)16-23-18-24-17-21(3)22(4)28-29(24)27(19-23)42-32-30(25-14-12-13-15-26(25)41(11)31(28)32)33-38-34(36(5,6)7)40-35(39-33)37(8,9)10/h12-15,17-20H,16H2,1-11H3/q+1. The zero-order valence-corrected chi connectivity index (χ0v) is 27.0. The molecule has 5 nitrogen and oxygen atoms in total. The minimum Gasteiger partial charge on any atom is -0.449 e. The van der Waals surface area contributed by atoms with Crippen LogP contribution in [0.2, 0.25) is 0 Å². The second kappa shape index (κ2) is 9.58. The van der Waals surface area contributed by atoms with Crippen LogP contribution in [0.25, 0.3) is 44.3 Å². The van der Waals surface area contributed by atoms with Crippen LogP contribution in [0.5, 0.6) is 11.5 Å². The zero-order chi connectivity index (χ0) is 30.3. The topological polar surface area (TPSA) is 51.8 Å². The molecule has 6 rings (SSSR count). The molecule has 0 radical (unpaired) electrons. The smallest absolute Gasteiger partial charge is 0.257 e. The summed E-state index contributed by atoms with van der Waals surface area (Å²) in [5.41, 5.74) is 7.67. The van der Waals surface area contributed by atoms with Gasteiger partial charge < -0.3 is 4.74 Å². The predicted octanol–water partition coefficient (Wildman–Crippen LogP) is 8.85. The fourth-order valence-corrected chi connectivity index (χ4v) is 6.13. The van der Waals surface area contributed by atoms with Crippen molar-refractivity contribution in [3.63, 3.8) is 0 Å². The molecular formula is C37H43N4O+. The summed E-state index contributed by atoms with van der Waals surface area (Å²) >= 11 is 0. The van der Waals surface area contributed by atoms with E-state index in [1.165, 1.54) is 33.0 Å². The van der Waals surface area contributed by atoms with Crippen LogP contribution in [0.1, 0.15) is 83.7 Å². The number of aromatic nitrogens is 4. The molecule has 1 aliphatic heterocycles. The van der Waals surface area contributed by atoms with Gasteiger partial charge in [0.25, 0.3) is 5.69 Å². The first-order chi connectivity index (χ1) is 19.6. The third-order valence-electron chi connectivity index (χ3n) is 8.39. The summed E-state index contributed by atoms with van der Waals surface area (Å²) in [5, 5.41) is 3.47. The van der Waals surface area contributed by atoms with Crippen molar-refractivity contribution < 1.29 is 9.30 Å². The Morgan fingerprint density at radius 2 is 1.48 bits per heavy atom. The summed E-state index contributed by atoms with van der Waals surface area (Å²) < 4.78 is 9.36. The van der Waals surface area contributed by atoms with Gasteiger partial charge in [-0.1, -0.05) is 79.7 Å². The molecule has 3 heterocycles. The average molecular weight is 560 g/mol. The fraction of sp³-hybridized carbons (Fsp3) is 0.405. The van der Waals surface area contributed by atoms with Gasteiger partial charge in [0.05, 0.1) is 16.5 Å². The Labute approximate surface area is 250 Å². The third-order valence-corrected chi connectivity index (χ3v) is 8.39. The van der Waals surface area contributed by atoms with E-state index in [2.05, 4.69) is 123 Å². The van der Waals surface area contributed by atoms with Crippen molar-refractivity contribution in [2.45, 2.75) is 86.5 Å². The molecule has 0 unspecified atom stereocenters. The van der Waals surface area contributed by atoms with Crippen LogP contribution < -0.4 is 9.30 Å². The Hall–Kier alpha value is -3.86. The van der Waals surface area contributed by atoms with E-state index in [1.807, 2.05) is 0 Å². The van der Waals surface area contributed by atoms with E-state index in [0.717, 1.165) is 51.7 Å². The second-order valence-electron chi connectivity index (χ2n) is 14.5. The molecule has 0 aliphatic carbocycles. The molecule has 2 aromatic heterocycles. The van der Waals surface area contributed by atoms with E-state index in [0.29, 0.717) is 11.7 Å². The van der Waals surface area contributed by atoms with Gasteiger partial charge in [-0.15, -0.1) is 0 Å². The number of pyridine rings is 1. The molecule has 3 aromatic carbocycles. The number of rotatable bonds is 3. The van der Waals surface area contributed by atoms with Gasteiger partial charge in [0, 0.05) is 22.3 Å². The highest BCUT2D eigenvalue weighted by atomic mass is 16.5. The SMILES string of the molecule is Cc1cc2cc(CC(C)C)cc3c2c(c1C)-c1c(c(-c2nc(C(C)(C)C)nc(C(C)(C)C)n2)c2ccccc2[n+]1C)O3. The lowest BCUT2D eigenvalue weighted by molar-refractivity contribution is -0.633. The van der Waals surface area contributed by atoms with Crippen LogP contribution in [0.3, 0.4) is 0 Å². The molecule has 0 saturated heterocycles.